The van der Waals surface area contributed by atoms with E-state index in [1.165, 1.54) is 27.7 Å². The van der Waals surface area contributed by atoms with E-state index >= 15 is 0 Å². The normalized spacial score (nSPS) is 10.7. The minimum atomic E-state index is -1.02. The molecular formula is C16H12Cl2N4O8. The summed E-state index contributed by atoms with van der Waals surface area (Å²) >= 11 is 12.1. The summed E-state index contributed by atoms with van der Waals surface area (Å²) in [5, 5.41) is 46.6. The largest absolute Gasteiger partial charge is 0.289 e. The highest BCUT2D eigenvalue weighted by Crippen LogP contribution is 2.54. The number of benzene rings is 2. The molecule has 2 rings (SSSR count). The number of nitro groups is 4. The molecule has 0 radical (unpaired) electrons. The van der Waals surface area contributed by atoms with Gasteiger partial charge in [0.05, 0.1) is 29.7 Å². The van der Waals surface area contributed by atoms with Crippen LogP contribution in [0.5, 0.6) is 0 Å². The van der Waals surface area contributed by atoms with Gasteiger partial charge in [-0.1, -0.05) is 23.2 Å². The summed E-state index contributed by atoms with van der Waals surface area (Å²) in [6.45, 7) is 4.75. The van der Waals surface area contributed by atoms with Crippen LogP contribution in [-0.2, 0) is 0 Å². The Morgan fingerprint density at radius 3 is 0.800 bits per heavy atom. The van der Waals surface area contributed by atoms with Crippen molar-refractivity contribution < 1.29 is 19.7 Å². The Morgan fingerprint density at radius 1 is 0.500 bits per heavy atom. The first kappa shape index (κ1) is 22.9. The molecule has 0 atom stereocenters. The third-order valence-electron chi connectivity index (χ3n) is 4.67. The molecule has 0 aliphatic carbocycles. The van der Waals surface area contributed by atoms with Gasteiger partial charge in [0.2, 0.25) is 0 Å². The van der Waals surface area contributed by atoms with Gasteiger partial charge in [0.15, 0.2) is 11.1 Å². The Hall–Kier alpha value is -3.38. The summed E-state index contributed by atoms with van der Waals surface area (Å²) in [6.07, 6.45) is 0. The molecular weight excluding hydrogens is 447 g/mol. The molecule has 2 aromatic carbocycles. The fourth-order valence-electron chi connectivity index (χ4n) is 3.34. The molecule has 0 saturated carbocycles. The smallest absolute Gasteiger partial charge is 0.258 e. The fourth-order valence-corrected chi connectivity index (χ4v) is 3.70. The fraction of sp³-hybridized carbons (Fsp3) is 0.250. The van der Waals surface area contributed by atoms with Crippen molar-refractivity contribution in [2.45, 2.75) is 27.7 Å². The maximum Gasteiger partial charge on any atom is 0.289 e. The lowest BCUT2D eigenvalue weighted by molar-refractivity contribution is -0.397. The van der Waals surface area contributed by atoms with Crippen molar-refractivity contribution in [3.63, 3.8) is 0 Å². The number of nitro benzene ring substituents is 4. The SMILES string of the molecule is Cc1c(Cl)c(C)c([N+](=O)[O-])c(-c2c([N+](=O)[O-])c(C)c(Cl)c(C)c2[N+](=O)[O-])c1[N+](=O)[O-]. The Labute approximate surface area is 177 Å². The average molecular weight is 459 g/mol. The van der Waals surface area contributed by atoms with Crippen LogP contribution >= 0.6 is 23.2 Å². The lowest BCUT2D eigenvalue weighted by atomic mass is 9.90. The standard InChI is InChI=1S/C16H12Cl2N4O8/c1-5-11(17)6(2)14(20(25)26)9(13(5)19(23)24)10-15(21(27)28)7(3)12(18)8(4)16(10)22(29)30/h1-4H3. The molecule has 0 aromatic heterocycles. The first-order valence-electron chi connectivity index (χ1n) is 7.98. The zero-order chi connectivity index (χ0) is 23.2. The zero-order valence-corrected chi connectivity index (χ0v) is 17.3. The van der Waals surface area contributed by atoms with Crippen molar-refractivity contribution in [1.29, 1.82) is 0 Å². The summed E-state index contributed by atoms with van der Waals surface area (Å²) in [5.74, 6) is 0. The molecule has 0 unspecified atom stereocenters. The van der Waals surface area contributed by atoms with Crippen molar-refractivity contribution in [3.8, 4) is 11.1 Å². The van der Waals surface area contributed by atoms with Gasteiger partial charge in [-0.25, -0.2) is 0 Å². The Bertz CT molecular complexity index is 1010. The van der Waals surface area contributed by atoms with Gasteiger partial charge in [-0.05, 0) is 27.7 Å². The van der Waals surface area contributed by atoms with Gasteiger partial charge in [-0.15, -0.1) is 0 Å². The third kappa shape index (κ3) is 3.29. The van der Waals surface area contributed by atoms with E-state index in [4.69, 9.17) is 23.2 Å². The van der Waals surface area contributed by atoms with E-state index in [0.717, 1.165) is 0 Å². The molecule has 0 aliphatic heterocycles. The average Bonchev–Trinajstić information content (AvgIpc) is 2.61. The van der Waals surface area contributed by atoms with Crippen LogP contribution in [0.25, 0.3) is 11.1 Å². The van der Waals surface area contributed by atoms with Gasteiger partial charge in [0.1, 0.15) is 0 Å². The highest BCUT2D eigenvalue weighted by atomic mass is 35.5. The van der Waals surface area contributed by atoms with Crippen molar-refractivity contribution in [2.75, 3.05) is 0 Å². The van der Waals surface area contributed by atoms with Crippen molar-refractivity contribution in [2.24, 2.45) is 0 Å². The molecule has 0 saturated heterocycles. The second kappa shape index (κ2) is 7.80. The van der Waals surface area contributed by atoms with Gasteiger partial charge in [0, 0.05) is 22.3 Å². The van der Waals surface area contributed by atoms with E-state index in [0.29, 0.717) is 0 Å². The number of nitrogens with zero attached hydrogens (tertiary/aromatic N) is 4. The van der Waals surface area contributed by atoms with E-state index in [9.17, 15) is 40.5 Å². The first-order valence-corrected chi connectivity index (χ1v) is 8.74. The molecule has 0 spiro atoms. The van der Waals surface area contributed by atoms with Gasteiger partial charge >= 0.3 is 0 Å². The van der Waals surface area contributed by atoms with Crippen LogP contribution in [0.4, 0.5) is 22.7 Å². The molecule has 0 N–H and O–H groups in total. The van der Waals surface area contributed by atoms with Crippen LogP contribution < -0.4 is 0 Å². The molecule has 0 amide bonds. The number of hydrogen-bond acceptors (Lipinski definition) is 8. The summed E-state index contributed by atoms with van der Waals surface area (Å²) in [5.41, 5.74) is -6.41. The third-order valence-corrected chi connectivity index (χ3v) is 5.80. The molecule has 0 aliphatic rings. The van der Waals surface area contributed by atoms with Crippen molar-refractivity contribution in [3.05, 3.63) is 72.8 Å². The number of hydrogen-bond donors (Lipinski definition) is 0. The summed E-state index contributed by atoms with van der Waals surface area (Å²) in [7, 11) is 0. The number of halogens is 2. The Balaban J connectivity index is 3.45. The lowest BCUT2D eigenvalue weighted by Gasteiger charge is -2.15. The minimum absolute atomic E-state index is 0.228. The molecule has 158 valence electrons. The van der Waals surface area contributed by atoms with E-state index in [-0.39, 0.29) is 32.3 Å². The monoisotopic (exact) mass is 458 g/mol. The van der Waals surface area contributed by atoms with Crippen LogP contribution in [-0.4, -0.2) is 19.7 Å². The lowest BCUT2D eigenvalue weighted by Crippen LogP contribution is -2.09. The van der Waals surface area contributed by atoms with Crippen LogP contribution in [0.3, 0.4) is 0 Å². The highest BCUT2D eigenvalue weighted by Gasteiger charge is 2.44. The number of rotatable bonds is 5. The van der Waals surface area contributed by atoms with Gasteiger partial charge in [-0.3, -0.25) is 40.5 Å². The minimum Gasteiger partial charge on any atom is -0.258 e. The van der Waals surface area contributed by atoms with Crippen LogP contribution in [0.2, 0.25) is 10.0 Å². The molecule has 30 heavy (non-hydrogen) atoms. The van der Waals surface area contributed by atoms with Crippen molar-refractivity contribution in [1.82, 2.24) is 0 Å². The van der Waals surface area contributed by atoms with E-state index in [1.807, 2.05) is 0 Å². The topological polar surface area (TPSA) is 173 Å². The molecule has 12 nitrogen and oxygen atoms in total. The van der Waals surface area contributed by atoms with Gasteiger partial charge < -0.3 is 0 Å². The summed E-state index contributed by atoms with van der Waals surface area (Å²) < 4.78 is 0. The highest BCUT2D eigenvalue weighted by molar-refractivity contribution is 6.34. The predicted octanol–water partition coefficient (Wildman–Crippen LogP) is 5.53. The molecule has 0 heterocycles. The maximum atomic E-state index is 11.8. The summed E-state index contributed by atoms with van der Waals surface area (Å²) in [4.78, 5) is 43.2. The van der Waals surface area contributed by atoms with Gasteiger partial charge in [-0.2, -0.15) is 0 Å². The molecule has 0 bridgehead atoms. The predicted molar refractivity (Wildman–Crippen MR) is 107 cm³/mol. The Kier molecular flexibility index (Phi) is 5.96. The second-order valence-corrected chi connectivity index (χ2v) is 7.06. The van der Waals surface area contributed by atoms with E-state index in [1.54, 1.807) is 0 Å². The summed E-state index contributed by atoms with van der Waals surface area (Å²) in [6, 6.07) is 0. The maximum absolute atomic E-state index is 11.8. The Morgan fingerprint density at radius 2 is 0.667 bits per heavy atom. The van der Waals surface area contributed by atoms with Crippen LogP contribution in [0.15, 0.2) is 0 Å². The van der Waals surface area contributed by atoms with Crippen LogP contribution in [0, 0.1) is 68.2 Å². The van der Waals surface area contributed by atoms with E-state index in [2.05, 4.69) is 0 Å². The van der Waals surface area contributed by atoms with Gasteiger partial charge in [0.25, 0.3) is 22.7 Å². The molecule has 2 aromatic rings. The zero-order valence-electron chi connectivity index (χ0n) is 15.8. The van der Waals surface area contributed by atoms with Crippen LogP contribution in [0.1, 0.15) is 22.3 Å². The first-order chi connectivity index (χ1) is 13.7. The molecule has 14 heteroatoms. The molecule has 0 fully saturated rings. The quantitative estimate of drug-likeness (QED) is 0.415. The second-order valence-electron chi connectivity index (χ2n) is 6.30. The van der Waals surface area contributed by atoms with E-state index < -0.39 is 53.6 Å². The van der Waals surface area contributed by atoms with Crippen molar-refractivity contribution >= 4 is 46.0 Å².